The highest BCUT2D eigenvalue weighted by atomic mass is 32.2. The molecule has 4 rings (SSSR count). The van der Waals surface area contributed by atoms with Gasteiger partial charge in [0, 0.05) is 17.5 Å². The van der Waals surface area contributed by atoms with E-state index >= 15 is 0 Å². The summed E-state index contributed by atoms with van der Waals surface area (Å²) in [6.45, 7) is 3.56. The second-order valence-corrected chi connectivity index (χ2v) is 10.8. The maximum absolute atomic E-state index is 13.1. The number of thiazole rings is 1. The molecular formula is C21H21N5O3S3. The van der Waals surface area contributed by atoms with E-state index < -0.39 is 22.0 Å². The molecule has 2 N–H and O–H groups in total. The van der Waals surface area contributed by atoms with Gasteiger partial charge in [-0.25, -0.2) is 13.4 Å². The molecule has 0 radical (unpaired) electrons. The van der Waals surface area contributed by atoms with Crippen LogP contribution in [0.2, 0.25) is 0 Å². The molecule has 2 heterocycles. The van der Waals surface area contributed by atoms with E-state index in [-0.39, 0.29) is 10.8 Å². The standard InChI is InChI=1S/C21H21N5O3S3/c1-13(2)18(26-32(28,29)17-10-6-9-16-19(17)25-31-24-16)20(27)23-21-22-12-15(30-21)11-14-7-4-3-5-8-14/h3-10,12-13,18,26H,11H2,1-2H3,(H,22,23,27)/t18-/m0/s1. The molecule has 0 fully saturated rings. The summed E-state index contributed by atoms with van der Waals surface area (Å²) in [6.07, 6.45) is 2.43. The molecular weight excluding hydrogens is 466 g/mol. The number of nitrogens with zero attached hydrogens (tertiary/aromatic N) is 3. The van der Waals surface area contributed by atoms with Crippen LogP contribution in [0.3, 0.4) is 0 Å². The molecule has 8 nitrogen and oxygen atoms in total. The third-order valence-electron chi connectivity index (χ3n) is 4.77. The van der Waals surface area contributed by atoms with Crippen LogP contribution in [0.4, 0.5) is 16.5 Å². The lowest BCUT2D eigenvalue weighted by Gasteiger charge is -2.21. The van der Waals surface area contributed by atoms with Crippen molar-refractivity contribution in [3.05, 3.63) is 65.2 Å². The van der Waals surface area contributed by atoms with Gasteiger partial charge in [-0.1, -0.05) is 50.2 Å². The van der Waals surface area contributed by atoms with E-state index in [0.29, 0.717) is 22.9 Å². The van der Waals surface area contributed by atoms with E-state index in [2.05, 4.69) is 23.7 Å². The van der Waals surface area contributed by atoms with Crippen LogP contribution in [0.5, 0.6) is 0 Å². The first kappa shape index (κ1) is 22.5. The molecule has 0 aliphatic carbocycles. The first-order valence-corrected chi connectivity index (χ1v) is 12.9. The molecule has 0 bridgehead atoms. The lowest BCUT2D eigenvalue weighted by atomic mass is 10.1. The van der Waals surface area contributed by atoms with Gasteiger partial charge >= 0.3 is 0 Å². The van der Waals surface area contributed by atoms with Gasteiger partial charge in [-0.15, -0.1) is 11.3 Å². The van der Waals surface area contributed by atoms with Crippen molar-refractivity contribution in [2.24, 2.45) is 14.6 Å². The van der Waals surface area contributed by atoms with Crippen LogP contribution >= 0.6 is 11.3 Å². The summed E-state index contributed by atoms with van der Waals surface area (Å²) >= 11 is 2.31. The maximum Gasteiger partial charge on any atom is 0.244 e. The first-order valence-electron chi connectivity index (χ1n) is 9.86. The van der Waals surface area contributed by atoms with Crippen LogP contribution in [0.1, 0.15) is 24.3 Å². The Labute approximate surface area is 194 Å². The van der Waals surface area contributed by atoms with Crippen molar-refractivity contribution >= 4 is 55.1 Å². The van der Waals surface area contributed by atoms with Crippen molar-refractivity contribution in [3.8, 4) is 0 Å². The predicted octanol–water partition coefficient (Wildman–Crippen LogP) is 4.40. The van der Waals surface area contributed by atoms with E-state index in [1.54, 1.807) is 32.2 Å². The van der Waals surface area contributed by atoms with Gasteiger partial charge in [0.1, 0.15) is 22.3 Å². The zero-order valence-corrected chi connectivity index (χ0v) is 19.8. The molecule has 0 saturated heterocycles. The molecule has 1 aromatic heterocycles. The molecule has 32 heavy (non-hydrogen) atoms. The summed E-state index contributed by atoms with van der Waals surface area (Å²) in [5.74, 6) is -0.756. The molecule has 11 heteroatoms. The minimum absolute atomic E-state index is 0.00148. The largest absolute Gasteiger partial charge is 0.301 e. The smallest absolute Gasteiger partial charge is 0.244 e. The normalized spacial score (nSPS) is 13.6. The Kier molecular flexibility index (Phi) is 6.60. The van der Waals surface area contributed by atoms with Crippen molar-refractivity contribution in [2.75, 3.05) is 5.32 Å². The molecule has 166 valence electrons. The summed E-state index contributed by atoms with van der Waals surface area (Å²) in [7, 11) is -4.00. The summed E-state index contributed by atoms with van der Waals surface area (Å²) in [4.78, 5) is 18.2. The average molecular weight is 488 g/mol. The number of fused-ring (bicyclic) bond motifs is 1. The predicted molar refractivity (Wildman–Crippen MR) is 127 cm³/mol. The number of aromatic nitrogens is 1. The van der Waals surface area contributed by atoms with Gasteiger partial charge in [-0.05, 0) is 23.6 Å². The highest BCUT2D eigenvalue weighted by Gasteiger charge is 2.31. The van der Waals surface area contributed by atoms with Gasteiger partial charge in [0.2, 0.25) is 15.9 Å². The zero-order chi connectivity index (χ0) is 22.7. The SMILES string of the molecule is CC(C)[C@H](NS(=O)(=O)c1cccc2c1N=S=N2)C(=O)Nc1ncc(Cc2ccccc2)s1. The molecule has 1 atom stereocenters. The van der Waals surface area contributed by atoms with Crippen molar-refractivity contribution in [1.29, 1.82) is 0 Å². The van der Waals surface area contributed by atoms with Gasteiger partial charge in [0.15, 0.2) is 5.13 Å². The van der Waals surface area contributed by atoms with E-state index in [0.717, 1.165) is 21.8 Å². The average Bonchev–Trinajstić information content (AvgIpc) is 3.41. The second-order valence-electron chi connectivity index (χ2n) is 7.51. The number of hydrogen-bond donors (Lipinski definition) is 2. The molecule has 1 aliphatic heterocycles. The van der Waals surface area contributed by atoms with Gasteiger partial charge in [-0.3, -0.25) is 4.79 Å². The third-order valence-corrected chi connectivity index (χ3v) is 7.70. The van der Waals surface area contributed by atoms with Crippen LogP contribution in [-0.4, -0.2) is 25.4 Å². The Morgan fingerprint density at radius 3 is 2.59 bits per heavy atom. The molecule has 0 saturated carbocycles. The van der Waals surface area contributed by atoms with Crippen LogP contribution in [-0.2, 0) is 32.6 Å². The fraction of sp³-hybridized carbons (Fsp3) is 0.238. The van der Waals surface area contributed by atoms with E-state index in [4.69, 9.17) is 0 Å². The Hall–Kier alpha value is -2.73. The number of amides is 1. The Morgan fingerprint density at radius 2 is 1.84 bits per heavy atom. The van der Waals surface area contributed by atoms with Crippen molar-refractivity contribution in [3.63, 3.8) is 0 Å². The van der Waals surface area contributed by atoms with E-state index in [9.17, 15) is 13.2 Å². The van der Waals surface area contributed by atoms with Crippen molar-refractivity contribution in [2.45, 2.75) is 31.2 Å². The number of carbonyl (C=O) groups excluding carboxylic acids is 1. The number of hydrogen-bond acceptors (Lipinski definition) is 7. The minimum atomic E-state index is -4.00. The number of anilines is 1. The van der Waals surface area contributed by atoms with E-state index in [1.165, 1.54) is 17.4 Å². The van der Waals surface area contributed by atoms with Gasteiger partial charge < -0.3 is 5.32 Å². The lowest BCUT2D eigenvalue weighted by molar-refractivity contribution is -0.118. The number of nitrogens with one attached hydrogen (secondary N) is 2. The second kappa shape index (κ2) is 9.41. The quantitative estimate of drug-likeness (QED) is 0.383. The molecule has 0 spiro atoms. The van der Waals surface area contributed by atoms with Gasteiger partial charge in [-0.2, -0.15) is 13.4 Å². The first-order chi connectivity index (χ1) is 15.3. The summed E-state index contributed by atoms with van der Waals surface area (Å²) in [6, 6.07) is 13.7. The van der Waals surface area contributed by atoms with Crippen LogP contribution in [0.15, 0.2) is 68.3 Å². The summed E-state index contributed by atoms with van der Waals surface area (Å²) in [5.41, 5.74) is 1.93. The monoisotopic (exact) mass is 487 g/mol. The van der Waals surface area contributed by atoms with Crippen LogP contribution in [0.25, 0.3) is 0 Å². The summed E-state index contributed by atoms with van der Waals surface area (Å²) < 4.78 is 36.8. The molecule has 1 amide bonds. The topological polar surface area (TPSA) is 113 Å². The van der Waals surface area contributed by atoms with Crippen LogP contribution in [0, 0.1) is 5.92 Å². The van der Waals surface area contributed by atoms with Crippen LogP contribution < -0.4 is 10.0 Å². The number of benzene rings is 2. The molecule has 3 aromatic rings. The van der Waals surface area contributed by atoms with Gasteiger partial charge in [0.25, 0.3) is 0 Å². The highest BCUT2D eigenvalue weighted by Crippen LogP contribution is 2.37. The molecule has 2 aromatic carbocycles. The number of rotatable bonds is 8. The van der Waals surface area contributed by atoms with E-state index in [1.807, 2.05) is 30.3 Å². The fourth-order valence-corrected chi connectivity index (χ4v) is 6.11. The maximum atomic E-state index is 13.1. The Bertz CT molecular complexity index is 1310. The Balaban J connectivity index is 1.48. The van der Waals surface area contributed by atoms with Crippen molar-refractivity contribution < 1.29 is 13.2 Å². The number of carbonyl (C=O) groups is 1. The number of sulfonamides is 1. The third kappa shape index (κ3) is 5.01. The highest BCUT2D eigenvalue weighted by molar-refractivity contribution is 7.89. The minimum Gasteiger partial charge on any atom is -0.301 e. The van der Waals surface area contributed by atoms with Crippen molar-refractivity contribution in [1.82, 2.24) is 9.71 Å². The zero-order valence-electron chi connectivity index (χ0n) is 17.3. The fourth-order valence-electron chi connectivity index (χ4n) is 3.15. The molecule has 0 unspecified atom stereocenters. The Morgan fingerprint density at radius 1 is 1.06 bits per heavy atom. The lowest BCUT2D eigenvalue weighted by Crippen LogP contribution is -2.47. The molecule has 1 aliphatic rings. The van der Waals surface area contributed by atoms with Gasteiger partial charge in [0.05, 0.1) is 11.4 Å². The summed E-state index contributed by atoms with van der Waals surface area (Å²) in [5, 5.41) is 3.18.